The zero-order valence-electron chi connectivity index (χ0n) is 16.0. The molecule has 6 heteroatoms. The molecule has 2 atom stereocenters. The van der Waals surface area contributed by atoms with E-state index >= 15 is 0 Å². The Kier molecular flexibility index (Phi) is 4.60. The summed E-state index contributed by atoms with van der Waals surface area (Å²) in [6, 6.07) is 10.0. The van der Waals surface area contributed by atoms with Crippen molar-refractivity contribution in [2.45, 2.75) is 50.7 Å². The number of amides is 1. The maximum Gasteiger partial charge on any atom is 0.257 e. The van der Waals surface area contributed by atoms with Crippen molar-refractivity contribution in [3.8, 4) is 0 Å². The Balaban J connectivity index is 1.68. The number of anilines is 1. The first-order valence-electron chi connectivity index (χ1n) is 9.59. The van der Waals surface area contributed by atoms with Crippen molar-refractivity contribution in [1.29, 1.82) is 0 Å². The van der Waals surface area contributed by atoms with E-state index in [0.29, 0.717) is 13.0 Å². The van der Waals surface area contributed by atoms with Gasteiger partial charge in [0.2, 0.25) is 0 Å². The van der Waals surface area contributed by atoms with Crippen molar-refractivity contribution in [1.82, 2.24) is 4.90 Å². The lowest BCUT2D eigenvalue weighted by molar-refractivity contribution is 0.0599. The Bertz CT molecular complexity index is 897. The molecule has 0 bridgehead atoms. The number of hydrogen-bond acceptors (Lipinski definition) is 2. The van der Waals surface area contributed by atoms with Crippen molar-refractivity contribution < 1.29 is 18.0 Å². The number of carbonyl (C=O) groups is 1. The number of carbonyl (C=O) groups excluding carboxylic acids is 1. The van der Waals surface area contributed by atoms with E-state index in [2.05, 4.69) is 18.7 Å². The fourth-order valence-corrected chi connectivity index (χ4v) is 4.86. The lowest BCUT2D eigenvalue weighted by Crippen LogP contribution is -2.53. The Hall–Kier alpha value is -2.50. The predicted molar refractivity (Wildman–Crippen MR) is 102 cm³/mol. The first-order chi connectivity index (χ1) is 13.3. The summed E-state index contributed by atoms with van der Waals surface area (Å²) >= 11 is 0. The maximum atomic E-state index is 14.2. The number of fused-ring (bicyclic) bond motifs is 1. The topological polar surface area (TPSA) is 23.6 Å². The third kappa shape index (κ3) is 3.05. The Morgan fingerprint density at radius 1 is 1.04 bits per heavy atom. The molecule has 0 N–H and O–H groups in total. The Morgan fingerprint density at radius 2 is 1.75 bits per heavy atom. The summed E-state index contributed by atoms with van der Waals surface area (Å²) in [6.07, 6.45) is 2.37. The van der Waals surface area contributed by atoms with E-state index in [4.69, 9.17) is 0 Å². The smallest absolute Gasteiger partial charge is 0.257 e. The molecule has 4 rings (SSSR count). The van der Waals surface area contributed by atoms with Crippen molar-refractivity contribution in [3.05, 3.63) is 65.5 Å². The minimum atomic E-state index is -1.10. The minimum absolute atomic E-state index is 0.0507. The average Bonchev–Trinajstić information content (AvgIpc) is 2.94. The molecule has 1 amide bonds. The van der Waals surface area contributed by atoms with E-state index in [0.717, 1.165) is 24.6 Å². The number of likely N-dealkylation sites (tertiary alicyclic amines) is 1. The van der Waals surface area contributed by atoms with Crippen molar-refractivity contribution in [2.75, 3.05) is 11.4 Å². The molecular weight excluding hydrogens is 365 g/mol. The fourth-order valence-electron chi connectivity index (χ4n) is 4.86. The highest BCUT2D eigenvalue weighted by Crippen LogP contribution is 2.44. The molecule has 2 saturated heterocycles. The van der Waals surface area contributed by atoms with Gasteiger partial charge in [-0.05, 0) is 69.5 Å². The van der Waals surface area contributed by atoms with Gasteiger partial charge in [-0.2, -0.15) is 0 Å². The van der Waals surface area contributed by atoms with Crippen LogP contribution in [0.3, 0.4) is 0 Å². The molecule has 0 unspecified atom stereocenters. The van der Waals surface area contributed by atoms with Gasteiger partial charge in [0.1, 0.15) is 5.82 Å². The van der Waals surface area contributed by atoms with Gasteiger partial charge in [0.05, 0.1) is 17.6 Å². The summed E-state index contributed by atoms with van der Waals surface area (Å²) in [5.74, 6) is -2.87. The maximum absolute atomic E-state index is 14.2. The van der Waals surface area contributed by atoms with Gasteiger partial charge >= 0.3 is 0 Å². The minimum Gasteiger partial charge on any atom is -0.361 e. The van der Waals surface area contributed by atoms with Crippen LogP contribution in [-0.4, -0.2) is 35.0 Å². The molecule has 2 heterocycles. The lowest BCUT2D eigenvalue weighted by atomic mass is 9.93. The third-order valence-corrected chi connectivity index (χ3v) is 5.98. The van der Waals surface area contributed by atoms with Crippen LogP contribution in [0.4, 0.5) is 18.9 Å². The first-order valence-corrected chi connectivity index (χ1v) is 9.59. The molecule has 2 aliphatic heterocycles. The van der Waals surface area contributed by atoms with Crippen LogP contribution in [0.2, 0.25) is 0 Å². The van der Waals surface area contributed by atoms with Crippen molar-refractivity contribution in [2.24, 2.45) is 0 Å². The lowest BCUT2D eigenvalue weighted by Gasteiger charge is -2.42. The van der Waals surface area contributed by atoms with E-state index < -0.39 is 17.5 Å². The van der Waals surface area contributed by atoms with Crippen LogP contribution in [0.25, 0.3) is 0 Å². The number of piperidine rings is 1. The fraction of sp³-hybridized carbons (Fsp3) is 0.409. The summed E-state index contributed by atoms with van der Waals surface area (Å²) in [5.41, 5.74) is 0.431. The van der Waals surface area contributed by atoms with E-state index in [9.17, 15) is 18.0 Å². The largest absolute Gasteiger partial charge is 0.361 e. The Morgan fingerprint density at radius 3 is 2.46 bits per heavy atom. The summed E-state index contributed by atoms with van der Waals surface area (Å²) in [7, 11) is 0. The average molecular weight is 388 g/mol. The second-order valence-corrected chi connectivity index (χ2v) is 8.24. The normalized spacial score (nSPS) is 23.6. The van der Waals surface area contributed by atoms with Crippen LogP contribution in [0.15, 0.2) is 42.5 Å². The number of nitrogens with zero attached hydrogens (tertiary/aromatic N) is 2. The number of halogens is 3. The zero-order chi connectivity index (χ0) is 20.1. The second kappa shape index (κ2) is 6.83. The molecule has 2 fully saturated rings. The van der Waals surface area contributed by atoms with Gasteiger partial charge in [-0.25, -0.2) is 13.2 Å². The van der Waals surface area contributed by atoms with Crippen LogP contribution in [0, 0.1) is 17.5 Å². The van der Waals surface area contributed by atoms with Gasteiger partial charge < -0.3 is 9.80 Å². The number of hydrogen-bond donors (Lipinski definition) is 0. The highest BCUT2D eigenvalue weighted by molar-refractivity contribution is 5.95. The first kappa shape index (κ1) is 18.8. The summed E-state index contributed by atoms with van der Waals surface area (Å²) < 4.78 is 41.2. The SMILES string of the molecule is CC1(C)C[C@H]2[C@H](CCCN2C(=O)c2cccc(F)c2F)N1c1ccc(F)cc1. The monoisotopic (exact) mass is 388 g/mol. The second-order valence-electron chi connectivity index (χ2n) is 8.24. The van der Waals surface area contributed by atoms with Crippen molar-refractivity contribution >= 4 is 11.6 Å². The molecule has 0 aromatic heterocycles. The van der Waals surface area contributed by atoms with Crippen LogP contribution in [0.5, 0.6) is 0 Å². The standard InChI is InChI=1S/C22H23F3N2O/c1-22(2)13-19-18(27(22)15-10-8-14(23)9-11-15)7-4-12-26(19)21(28)16-5-3-6-17(24)20(16)25/h3,5-6,8-11,18-19H,4,7,12-13H2,1-2H3/t18-,19-/m0/s1. The van der Waals surface area contributed by atoms with Gasteiger partial charge in [0, 0.05) is 17.8 Å². The van der Waals surface area contributed by atoms with Gasteiger partial charge in [0.15, 0.2) is 11.6 Å². The molecule has 2 aliphatic rings. The molecule has 2 aromatic rings. The molecular formula is C22H23F3N2O. The van der Waals surface area contributed by atoms with Crippen LogP contribution >= 0.6 is 0 Å². The summed E-state index contributed by atoms with van der Waals surface area (Å²) in [5, 5.41) is 0. The van der Waals surface area contributed by atoms with Crippen LogP contribution < -0.4 is 4.90 Å². The van der Waals surface area contributed by atoms with E-state index in [1.165, 1.54) is 24.3 Å². The molecule has 28 heavy (non-hydrogen) atoms. The Labute approximate surface area is 162 Å². The zero-order valence-corrected chi connectivity index (χ0v) is 16.0. The molecule has 0 aliphatic carbocycles. The van der Waals surface area contributed by atoms with E-state index in [1.807, 2.05) is 0 Å². The van der Waals surface area contributed by atoms with E-state index in [1.54, 1.807) is 17.0 Å². The summed E-state index contributed by atoms with van der Waals surface area (Å²) in [6.45, 7) is 4.71. The molecule has 0 saturated carbocycles. The molecule has 2 aromatic carbocycles. The molecule has 3 nitrogen and oxygen atoms in total. The van der Waals surface area contributed by atoms with Crippen molar-refractivity contribution in [3.63, 3.8) is 0 Å². The molecule has 0 spiro atoms. The van der Waals surface area contributed by atoms with E-state index in [-0.39, 0.29) is 29.0 Å². The van der Waals surface area contributed by atoms with Gasteiger partial charge in [-0.3, -0.25) is 4.79 Å². The predicted octanol–water partition coefficient (Wildman–Crippen LogP) is 4.77. The highest BCUT2D eigenvalue weighted by Gasteiger charge is 2.50. The number of benzene rings is 2. The third-order valence-electron chi connectivity index (χ3n) is 5.98. The van der Waals surface area contributed by atoms with Gasteiger partial charge in [-0.15, -0.1) is 0 Å². The van der Waals surface area contributed by atoms with Crippen LogP contribution in [0.1, 0.15) is 43.5 Å². The van der Waals surface area contributed by atoms with Crippen LogP contribution in [-0.2, 0) is 0 Å². The number of rotatable bonds is 2. The quantitative estimate of drug-likeness (QED) is 0.740. The van der Waals surface area contributed by atoms with Gasteiger partial charge in [-0.1, -0.05) is 6.07 Å². The summed E-state index contributed by atoms with van der Waals surface area (Å²) in [4.78, 5) is 17.0. The highest BCUT2D eigenvalue weighted by atomic mass is 19.2. The molecule has 0 radical (unpaired) electrons. The molecule has 148 valence electrons. The van der Waals surface area contributed by atoms with Gasteiger partial charge in [0.25, 0.3) is 5.91 Å².